The van der Waals surface area contributed by atoms with E-state index in [0.29, 0.717) is 18.0 Å². The molecule has 1 atom stereocenters. The van der Waals surface area contributed by atoms with Crippen LogP contribution in [0, 0.1) is 0 Å². The monoisotopic (exact) mass is 293 g/mol. The maximum absolute atomic E-state index is 6.19. The molecule has 20 heavy (non-hydrogen) atoms. The van der Waals surface area contributed by atoms with Crippen molar-refractivity contribution in [1.29, 1.82) is 0 Å². The predicted molar refractivity (Wildman–Crippen MR) is 82.8 cm³/mol. The molecule has 0 radical (unpaired) electrons. The normalized spacial score (nSPS) is 20.1. The molecule has 1 fully saturated rings. The topological polar surface area (TPSA) is 41.3 Å². The van der Waals surface area contributed by atoms with E-state index in [0.717, 1.165) is 41.3 Å². The van der Waals surface area contributed by atoms with Gasteiger partial charge in [0, 0.05) is 36.3 Å². The molecule has 2 heterocycles. The van der Waals surface area contributed by atoms with E-state index >= 15 is 0 Å². The lowest BCUT2D eigenvalue weighted by Gasteiger charge is -2.32. The molecule has 0 amide bonds. The minimum Gasteiger partial charge on any atom is -0.423 e. The number of halogens is 1. The van der Waals surface area contributed by atoms with E-state index in [-0.39, 0.29) is 0 Å². The highest BCUT2D eigenvalue weighted by atomic mass is 35.5. The average Bonchev–Trinajstić information content (AvgIpc) is 2.81. The standard InChI is InChI=1S/C15H20ClN3O/c1-9(2)12-6-11(16)7-13-14(12)20-15(18-13)19-5-4-17-8-10(19)3/h6-7,9-10,17H,4-5,8H2,1-3H3. The number of piperazine rings is 1. The van der Waals surface area contributed by atoms with E-state index in [1.54, 1.807) is 0 Å². The van der Waals surface area contributed by atoms with Crippen LogP contribution in [0.5, 0.6) is 0 Å². The number of hydrogen-bond donors (Lipinski definition) is 1. The van der Waals surface area contributed by atoms with Crippen molar-refractivity contribution in [2.45, 2.75) is 32.7 Å². The molecule has 1 aliphatic heterocycles. The molecule has 1 aromatic carbocycles. The number of anilines is 1. The molecule has 108 valence electrons. The van der Waals surface area contributed by atoms with Crippen molar-refractivity contribution in [3.8, 4) is 0 Å². The molecule has 5 heteroatoms. The van der Waals surface area contributed by atoms with Crippen LogP contribution in [0.15, 0.2) is 16.5 Å². The number of benzene rings is 1. The van der Waals surface area contributed by atoms with Crippen LogP contribution in [-0.4, -0.2) is 30.7 Å². The van der Waals surface area contributed by atoms with Crippen molar-refractivity contribution >= 4 is 28.7 Å². The van der Waals surface area contributed by atoms with Crippen molar-refractivity contribution in [2.75, 3.05) is 24.5 Å². The van der Waals surface area contributed by atoms with Gasteiger partial charge in [-0.15, -0.1) is 0 Å². The lowest BCUT2D eigenvalue weighted by atomic mass is 10.0. The molecular formula is C15H20ClN3O. The number of nitrogens with zero attached hydrogens (tertiary/aromatic N) is 2. The minimum absolute atomic E-state index is 0.359. The Bertz CT molecular complexity index is 623. The summed E-state index contributed by atoms with van der Waals surface area (Å²) in [5.74, 6) is 0.359. The van der Waals surface area contributed by atoms with Gasteiger partial charge in [0.1, 0.15) is 5.52 Å². The summed E-state index contributed by atoms with van der Waals surface area (Å²) >= 11 is 6.19. The van der Waals surface area contributed by atoms with Crippen LogP contribution < -0.4 is 10.2 Å². The van der Waals surface area contributed by atoms with Crippen LogP contribution in [0.2, 0.25) is 5.02 Å². The summed E-state index contributed by atoms with van der Waals surface area (Å²) in [5, 5.41) is 4.09. The highest BCUT2D eigenvalue weighted by Gasteiger charge is 2.24. The summed E-state index contributed by atoms with van der Waals surface area (Å²) in [6, 6.07) is 4.95. The van der Waals surface area contributed by atoms with E-state index in [9.17, 15) is 0 Å². The Hall–Kier alpha value is -1.26. The maximum Gasteiger partial charge on any atom is 0.298 e. The van der Waals surface area contributed by atoms with E-state index in [1.165, 1.54) is 0 Å². The Balaban J connectivity index is 2.08. The molecule has 1 saturated heterocycles. The van der Waals surface area contributed by atoms with Gasteiger partial charge in [-0.05, 0) is 25.0 Å². The fraction of sp³-hybridized carbons (Fsp3) is 0.533. The molecule has 1 N–H and O–H groups in total. The van der Waals surface area contributed by atoms with Crippen LogP contribution in [0.3, 0.4) is 0 Å². The molecule has 1 aromatic heterocycles. The number of oxazole rings is 1. The molecule has 0 saturated carbocycles. The second-order valence-corrected chi connectivity index (χ2v) is 6.18. The van der Waals surface area contributed by atoms with Crippen molar-refractivity contribution in [3.05, 3.63) is 22.7 Å². The third kappa shape index (κ3) is 2.38. The summed E-state index contributed by atoms with van der Waals surface area (Å²) in [6.07, 6.45) is 0. The zero-order valence-electron chi connectivity index (χ0n) is 12.1. The molecule has 4 nitrogen and oxygen atoms in total. The van der Waals surface area contributed by atoms with Crippen molar-refractivity contribution in [3.63, 3.8) is 0 Å². The Morgan fingerprint density at radius 3 is 2.95 bits per heavy atom. The van der Waals surface area contributed by atoms with Crippen molar-refractivity contribution in [1.82, 2.24) is 10.3 Å². The summed E-state index contributed by atoms with van der Waals surface area (Å²) in [7, 11) is 0. The Kier molecular flexibility index (Phi) is 3.61. The van der Waals surface area contributed by atoms with E-state index in [4.69, 9.17) is 16.0 Å². The largest absolute Gasteiger partial charge is 0.423 e. The zero-order chi connectivity index (χ0) is 14.3. The first kappa shape index (κ1) is 13.7. The molecule has 0 aliphatic carbocycles. The Morgan fingerprint density at radius 2 is 2.25 bits per heavy atom. The number of hydrogen-bond acceptors (Lipinski definition) is 4. The van der Waals surface area contributed by atoms with Gasteiger partial charge in [0.2, 0.25) is 0 Å². The van der Waals surface area contributed by atoms with Crippen LogP contribution in [-0.2, 0) is 0 Å². The van der Waals surface area contributed by atoms with Crippen LogP contribution in [0.4, 0.5) is 6.01 Å². The van der Waals surface area contributed by atoms with E-state index in [1.807, 2.05) is 12.1 Å². The van der Waals surface area contributed by atoms with Crippen LogP contribution in [0.25, 0.3) is 11.1 Å². The van der Waals surface area contributed by atoms with Crippen molar-refractivity contribution in [2.24, 2.45) is 0 Å². The first-order chi connectivity index (χ1) is 9.56. The Morgan fingerprint density at radius 1 is 1.45 bits per heavy atom. The van der Waals surface area contributed by atoms with Gasteiger partial charge in [0.15, 0.2) is 5.58 Å². The highest BCUT2D eigenvalue weighted by Crippen LogP contribution is 2.32. The first-order valence-corrected chi connectivity index (χ1v) is 7.51. The summed E-state index contributed by atoms with van der Waals surface area (Å²) in [5.41, 5.74) is 2.83. The van der Waals surface area contributed by atoms with Gasteiger partial charge in [0.05, 0.1) is 0 Å². The second kappa shape index (κ2) is 5.26. The van der Waals surface area contributed by atoms with E-state index < -0.39 is 0 Å². The minimum atomic E-state index is 0.359. The maximum atomic E-state index is 6.19. The van der Waals surface area contributed by atoms with Crippen molar-refractivity contribution < 1.29 is 4.42 Å². The molecule has 1 aliphatic rings. The molecular weight excluding hydrogens is 274 g/mol. The fourth-order valence-electron chi connectivity index (χ4n) is 2.69. The van der Waals surface area contributed by atoms with Gasteiger partial charge in [-0.2, -0.15) is 4.98 Å². The molecule has 0 spiro atoms. The Labute approximate surface area is 124 Å². The van der Waals surface area contributed by atoms with Crippen LogP contribution >= 0.6 is 11.6 Å². The fourth-order valence-corrected chi connectivity index (χ4v) is 2.91. The number of nitrogens with one attached hydrogen (secondary N) is 1. The quantitative estimate of drug-likeness (QED) is 0.921. The zero-order valence-corrected chi connectivity index (χ0v) is 12.9. The van der Waals surface area contributed by atoms with E-state index in [2.05, 4.69) is 36.0 Å². The van der Waals surface area contributed by atoms with Gasteiger partial charge in [-0.1, -0.05) is 25.4 Å². The molecule has 0 bridgehead atoms. The highest BCUT2D eigenvalue weighted by molar-refractivity contribution is 6.31. The molecule has 3 rings (SSSR count). The third-order valence-corrected chi connectivity index (χ3v) is 4.06. The average molecular weight is 294 g/mol. The van der Waals surface area contributed by atoms with Gasteiger partial charge in [-0.25, -0.2) is 0 Å². The van der Waals surface area contributed by atoms with Gasteiger partial charge < -0.3 is 14.6 Å². The SMILES string of the molecule is CC(C)c1cc(Cl)cc2nc(N3CCNCC3C)oc12. The first-order valence-electron chi connectivity index (χ1n) is 7.13. The molecule has 2 aromatic rings. The lowest BCUT2D eigenvalue weighted by Crippen LogP contribution is -2.50. The number of aromatic nitrogens is 1. The predicted octanol–water partition coefficient (Wildman–Crippen LogP) is 3.40. The smallest absolute Gasteiger partial charge is 0.298 e. The number of fused-ring (bicyclic) bond motifs is 1. The second-order valence-electron chi connectivity index (χ2n) is 5.74. The molecule has 1 unspecified atom stereocenters. The van der Waals surface area contributed by atoms with Gasteiger partial charge in [0.25, 0.3) is 6.01 Å². The van der Waals surface area contributed by atoms with Gasteiger partial charge >= 0.3 is 0 Å². The number of rotatable bonds is 2. The summed E-state index contributed by atoms with van der Waals surface area (Å²) in [4.78, 5) is 6.85. The third-order valence-electron chi connectivity index (χ3n) is 3.84. The lowest BCUT2D eigenvalue weighted by molar-refractivity contribution is 0.455. The summed E-state index contributed by atoms with van der Waals surface area (Å²) in [6.45, 7) is 9.29. The van der Waals surface area contributed by atoms with Crippen LogP contribution in [0.1, 0.15) is 32.3 Å². The van der Waals surface area contributed by atoms with Gasteiger partial charge in [-0.3, -0.25) is 0 Å². The summed E-state index contributed by atoms with van der Waals surface area (Å²) < 4.78 is 6.05.